The lowest BCUT2D eigenvalue weighted by Gasteiger charge is -2.31. The number of benzene rings is 1. The molecule has 2 heterocycles. The van der Waals surface area contributed by atoms with Crippen molar-refractivity contribution >= 4 is 17.6 Å². The number of esters is 1. The molecule has 1 aliphatic heterocycles. The molecular formula is C19H20F3N3O3. The van der Waals surface area contributed by atoms with Crippen molar-refractivity contribution in [2.24, 2.45) is 0 Å². The first kappa shape index (κ1) is 19.9. The number of aryl methyl sites for hydroxylation is 2. The summed E-state index contributed by atoms with van der Waals surface area (Å²) in [6.45, 7) is 4.77. The Labute approximate surface area is 159 Å². The summed E-state index contributed by atoms with van der Waals surface area (Å²) in [5.74, 6) is -1.25. The van der Waals surface area contributed by atoms with Crippen molar-refractivity contribution in [2.75, 3.05) is 11.9 Å². The maximum atomic E-state index is 13.3. The van der Waals surface area contributed by atoms with Gasteiger partial charge in [0.2, 0.25) is 5.78 Å². The maximum Gasteiger partial charge on any atom is 0.410 e. The van der Waals surface area contributed by atoms with Gasteiger partial charge in [0.05, 0.1) is 0 Å². The summed E-state index contributed by atoms with van der Waals surface area (Å²) in [5, 5.41) is 6.63. The predicted octanol–water partition coefficient (Wildman–Crippen LogP) is 3.85. The molecule has 0 radical (unpaired) electrons. The number of ether oxygens (including phenoxy) is 1. The highest BCUT2D eigenvalue weighted by atomic mass is 19.4. The number of alkyl halides is 3. The molecule has 3 rings (SSSR count). The molecule has 0 saturated heterocycles. The average Bonchev–Trinajstić information content (AvgIpc) is 3.01. The Hall–Kier alpha value is -2.84. The van der Waals surface area contributed by atoms with Crippen LogP contribution < -0.4 is 5.32 Å². The lowest BCUT2D eigenvalue weighted by Crippen LogP contribution is -2.37. The Morgan fingerprint density at radius 2 is 2.00 bits per heavy atom. The molecule has 1 N–H and O–H groups in total. The molecule has 1 aliphatic rings. The molecule has 6 nitrogen and oxygen atoms in total. The molecule has 0 amide bonds. The van der Waals surface area contributed by atoms with Gasteiger partial charge in [-0.15, -0.1) is 0 Å². The van der Waals surface area contributed by atoms with E-state index in [0.717, 1.165) is 15.8 Å². The van der Waals surface area contributed by atoms with E-state index in [9.17, 15) is 22.8 Å². The minimum atomic E-state index is -4.49. The van der Waals surface area contributed by atoms with Gasteiger partial charge < -0.3 is 10.1 Å². The molecule has 1 aromatic carbocycles. The second-order valence-electron chi connectivity index (χ2n) is 7.02. The standard InChI is InChI=1S/C19H20F3N3O3/c1-10-4-5-13(11(2)6-10)15(26)9-28-18(27)14-8-17-23-12(3)7-16(19(20,21)22)25(17)24-14/h4-6,8,12,16,23H,7,9H2,1-3H3. The number of carbonyl (C=O) groups excluding carboxylic acids is 2. The highest BCUT2D eigenvalue weighted by Crippen LogP contribution is 2.39. The summed E-state index contributed by atoms with van der Waals surface area (Å²) in [6.07, 6.45) is -4.69. The van der Waals surface area contributed by atoms with Crippen LogP contribution >= 0.6 is 0 Å². The van der Waals surface area contributed by atoms with E-state index in [2.05, 4.69) is 10.4 Å². The van der Waals surface area contributed by atoms with E-state index in [-0.39, 0.29) is 17.9 Å². The van der Waals surface area contributed by atoms with E-state index in [4.69, 9.17) is 4.74 Å². The van der Waals surface area contributed by atoms with Crippen LogP contribution in [-0.4, -0.2) is 40.4 Å². The van der Waals surface area contributed by atoms with Gasteiger partial charge in [-0.3, -0.25) is 4.79 Å². The molecule has 150 valence electrons. The van der Waals surface area contributed by atoms with E-state index < -0.39 is 36.6 Å². The number of fused-ring (bicyclic) bond motifs is 1. The van der Waals surface area contributed by atoms with Crippen molar-refractivity contribution in [3.05, 3.63) is 46.6 Å². The zero-order valence-corrected chi connectivity index (χ0v) is 15.6. The Morgan fingerprint density at radius 1 is 1.29 bits per heavy atom. The summed E-state index contributed by atoms with van der Waals surface area (Å²) in [7, 11) is 0. The summed E-state index contributed by atoms with van der Waals surface area (Å²) < 4.78 is 45.5. The van der Waals surface area contributed by atoms with Crippen LogP contribution in [0.2, 0.25) is 0 Å². The molecule has 0 fully saturated rings. The smallest absolute Gasteiger partial charge is 0.410 e. The topological polar surface area (TPSA) is 73.2 Å². The van der Waals surface area contributed by atoms with Gasteiger partial charge in [-0.1, -0.05) is 23.8 Å². The highest BCUT2D eigenvalue weighted by Gasteiger charge is 2.45. The third kappa shape index (κ3) is 4.02. The number of Topliss-reactive ketones (excluding diaryl/α,β-unsaturated/α-hetero) is 1. The number of aromatic nitrogens is 2. The average molecular weight is 395 g/mol. The van der Waals surface area contributed by atoms with Crippen LogP contribution in [-0.2, 0) is 4.74 Å². The highest BCUT2D eigenvalue weighted by molar-refractivity contribution is 6.00. The molecule has 2 unspecified atom stereocenters. The Kier molecular flexibility index (Phi) is 5.18. The van der Waals surface area contributed by atoms with Gasteiger partial charge in [0, 0.05) is 17.7 Å². The van der Waals surface area contributed by atoms with Crippen molar-refractivity contribution in [2.45, 2.75) is 45.5 Å². The molecule has 1 aromatic heterocycles. The quantitative estimate of drug-likeness (QED) is 0.629. The van der Waals surface area contributed by atoms with Gasteiger partial charge in [-0.05, 0) is 32.8 Å². The number of hydrogen-bond donors (Lipinski definition) is 1. The Morgan fingerprint density at radius 3 is 2.64 bits per heavy atom. The van der Waals surface area contributed by atoms with Gasteiger partial charge in [0.1, 0.15) is 5.82 Å². The fraction of sp³-hybridized carbons (Fsp3) is 0.421. The number of ketones is 1. The van der Waals surface area contributed by atoms with Crippen LogP contribution in [0, 0.1) is 13.8 Å². The van der Waals surface area contributed by atoms with Gasteiger partial charge in [0.15, 0.2) is 18.3 Å². The summed E-state index contributed by atoms with van der Waals surface area (Å²) >= 11 is 0. The number of anilines is 1. The predicted molar refractivity (Wildman–Crippen MR) is 95.5 cm³/mol. The van der Waals surface area contributed by atoms with Gasteiger partial charge in [-0.25, -0.2) is 9.48 Å². The minimum absolute atomic E-state index is 0.0914. The molecule has 2 atom stereocenters. The fourth-order valence-corrected chi connectivity index (χ4v) is 3.27. The molecule has 0 spiro atoms. The number of halogens is 3. The van der Waals surface area contributed by atoms with Crippen LogP contribution in [0.5, 0.6) is 0 Å². The third-order valence-electron chi connectivity index (χ3n) is 4.61. The van der Waals surface area contributed by atoms with Crippen molar-refractivity contribution in [3.63, 3.8) is 0 Å². The van der Waals surface area contributed by atoms with E-state index >= 15 is 0 Å². The van der Waals surface area contributed by atoms with Crippen molar-refractivity contribution in [1.82, 2.24) is 9.78 Å². The summed E-state index contributed by atoms with van der Waals surface area (Å²) in [5.41, 5.74) is 1.90. The third-order valence-corrected chi connectivity index (χ3v) is 4.61. The second-order valence-corrected chi connectivity index (χ2v) is 7.02. The van der Waals surface area contributed by atoms with E-state index in [0.29, 0.717) is 5.56 Å². The number of carbonyl (C=O) groups is 2. The minimum Gasteiger partial charge on any atom is -0.453 e. The largest absolute Gasteiger partial charge is 0.453 e. The number of hydrogen-bond acceptors (Lipinski definition) is 5. The first-order valence-electron chi connectivity index (χ1n) is 8.76. The molecule has 9 heteroatoms. The molecule has 0 aliphatic carbocycles. The van der Waals surface area contributed by atoms with Crippen molar-refractivity contribution < 1.29 is 27.5 Å². The number of nitrogens with one attached hydrogen (secondary N) is 1. The van der Waals surface area contributed by atoms with Crippen LogP contribution in [0.25, 0.3) is 0 Å². The van der Waals surface area contributed by atoms with Crippen LogP contribution in [0.1, 0.15) is 51.4 Å². The van der Waals surface area contributed by atoms with Crippen molar-refractivity contribution in [3.8, 4) is 0 Å². The van der Waals surface area contributed by atoms with E-state index in [1.165, 1.54) is 6.07 Å². The van der Waals surface area contributed by atoms with Gasteiger partial charge in [-0.2, -0.15) is 18.3 Å². The molecule has 2 aromatic rings. The van der Waals surface area contributed by atoms with Crippen molar-refractivity contribution in [1.29, 1.82) is 0 Å². The molecule has 0 saturated carbocycles. The van der Waals surface area contributed by atoms with E-state index in [1.54, 1.807) is 26.0 Å². The lowest BCUT2D eigenvalue weighted by molar-refractivity contribution is -0.173. The number of nitrogens with zero attached hydrogens (tertiary/aromatic N) is 2. The summed E-state index contributed by atoms with van der Waals surface area (Å²) in [4.78, 5) is 24.5. The van der Waals surface area contributed by atoms with Gasteiger partial charge >= 0.3 is 12.1 Å². The first-order chi connectivity index (χ1) is 13.1. The van der Waals surface area contributed by atoms with Crippen LogP contribution in [0.3, 0.4) is 0 Å². The van der Waals surface area contributed by atoms with E-state index in [1.807, 2.05) is 13.0 Å². The molecule has 0 bridgehead atoms. The number of rotatable bonds is 4. The zero-order chi connectivity index (χ0) is 20.6. The lowest BCUT2D eigenvalue weighted by atomic mass is 10.0. The van der Waals surface area contributed by atoms with Gasteiger partial charge in [0.25, 0.3) is 0 Å². The second kappa shape index (κ2) is 7.29. The SMILES string of the molecule is Cc1ccc(C(=O)COC(=O)c2cc3n(n2)C(C(F)(F)F)CC(C)N3)c(C)c1. The summed E-state index contributed by atoms with van der Waals surface area (Å²) in [6, 6.07) is 4.22. The fourth-order valence-electron chi connectivity index (χ4n) is 3.27. The zero-order valence-electron chi connectivity index (χ0n) is 15.6. The normalized spacial score (nSPS) is 18.9. The first-order valence-corrected chi connectivity index (χ1v) is 8.76. The molecule has 28 heavy (non-hydrogen) atoms. The monoisotopic (exact) mass is 395 g/mol. The molecular weight excluding hydrogens is 375 g/mol. The Bertz CT molecular complexity index is 921. The van der Waals surface area contributed by atoms with Crippen LogP contribution in [0.4, 0.5) is 19.0 Å². The Balaban J connectivity index is 1.73. The van der Waals surface area contributed by atoms with Crippen LogP contribution in [0.15, 0.2) is 24.3 Å². The maximum absolute atomic E-state index is 13.3.